The van der Waals surface area contributed by atoms with Crippen molar-refractivity contribution in [2.75, 3.05) is 0 Å². The molecule has 0 radical (unpaired) electrons. The van der Waals surface area contributed by atoms with Gasteiger partial charge in [-0.15, -0.1) is 11.6 Å². The van der Waals surface area contributed by atoms with E-state index in [-0.39, 0.29) is 17.3 Å². The van der Waals surface area contributed by atoms with Gasteiger partial charge in [-0.1, -0.05) is 0 Å². The first-order chi connectivity index (χ1) is 7.81. The van der Waals surface area contributed by atoms with Gasteiger partial charge in [0.2, 0.25) is 0 Å². The fourth-order valence-electron chi connectivity index (χ4n) is 1.28. The van der Waals surface area contributed by atoms with Crippen molar-refractivity contribution in [1.29, 1.82) is 0 Å². The van der Waals surface area contributed by atoms with Crippen LogP contribution in [0, 0.1) is 0 Å². The first-order valence-electron chi connectivity index (χ1n) is 4.36. The molecule has 0 aliphatic heterocycles. The molecule has 0 saturated carbocycles. The number of aliphatic hydroxyl groups is 1. The average molecular weight is 276 g/mol. The van der Waals surface area contributed by atoms with Crippen molar-refractivity contribution in [2.45, 2.75) is 25.1 Å². The van der Waals surface area contributed by atoms with Crippen LogP contribution >= 0.6 is 11.6 Å². The van der Waals surface area contributed by atoms with Gasteiger partial charge in [-0.2, -0.15) is 13.2 Å². The summed E-state index contributed by atoms with van der Waals surface area (Å²) in [6, 6.07) is 0.228. The molecule has 0 aliphatic rings. The summed E-state index contributed by atoms with van der Waals surface area (Å²) in [5, 5.41) is 8.86. The smallest absolute Gasteiger partial charge is 0.392 e. The number of halogens is 6. The molecule has 0 aliphatic carbocycles. The van der Waals surface area contributed by atoms with Crippen molar-refractivity contribution in [3.8, 4) is 0 Å². The molecule has 1 aromatic rings. The predicted molar refractivity (Wildman–Crippen MR) is 49.7 cm³/mol. The topological polar surface area (TPSA) is 33.1 Å². The van der Waals surface area contributed by atoms with Crippen LogP contribution in [0.1, 0.15) is 28.9 Å². The normalized spacial score (nSPS) is 12.2. The third-order valence-electron chi connectivity index (χ3n) is 2.05. The van der Waals surface area contributed by atoms with Gasteiger partial charge in [0.05, 0.1) is 18.2 Å². The molecule has 0 unspecified atom stereocenters. The highest BCUT2D eigenvalue weighted by atomic mass is 35.5. The molecule has 1 aromatic heterocycles. The van der Waals surface area contributed by atoms with Crippen LogP contribution < -0.4 is 0 Å². The van der Waals surface area contributed by atoms with Gasteiger partial charge < -0.3 is 5.11 Å². The number of alkyl halides is 6. The summed E-state index contributed by atoms with van der Waals surface area (Å²) in [6.45, 7) is -0.840. The number of nitrogens with zero attached hydrogens (tertiary/aromatic N) is 1. The molecule has 0 bridgehead atoms. The van der Waals surface area contributed by atoms with Gasteiger partial charge in [0.25, 0.3) is 6.43 Å². The number of aromatic nitrogens is 1. The van der Waals surface area contributed by atoms with Gasteiger partial charge in [-0.05, 0) is 6.07 Å². The number of aliphatic hydroxyl groups excluding tert-OH is 1. The van der Waals surface area contributed by atoms with Gasteiger partial charge in [0.1, 0.15) is 5.69 Å². The van der Waals surface area contributed by atoms with E-state index in [0.717, 1.165) is 0 Å². The Labute approximate surface area is 98.0 Å². The monoisotopic (exact) mass is 275 g/mol. The summed E-state index contributed by atoms with van der Waals surface area (Å²) in [7, 11) is 0. The van der Waals surface area contributed by atoms with E-state index >= 15 is 0 Å². The van der Waals surface area contributed by atoms with E-state index < -0.39 is 36.3 Å². The van der Waals surface area contributed by atoms with Gasteiger partial charge in [0.15, 0.2) is 0 Å². The molecule has 0 atom stereocenters. The fourth-order valence-corrected chi connectivity index (χ4v) is 1.50. The average Bonchev–Trinajstić information content (AvgIpc) is 2.25. The van der Waals surface area contributed by atoms with Crippen LogP contribution in [0.15, 0.2) is 6.07 Å². The van der Waals surface area contributed by atoms with Crippen molar-refractivity contribution in [1.82, 2.24) is 4.98 Å². The molecule has 0 fully saturated rings. The van der Waals surface area contributed by atoms with Crippen LogP contribution in [-0.4, -0.2) is 10.1 Å². The Morgan fingerprint density at radius 2 is 1.94 bits per heavy atom. The van der Waals surface area contributed by atoms with E-state index in [2.05, 4.69) is 4.98 Å². The Bertz CT molecular complexity index is 407. The maximum absolute atomic E-state index is 12.5. The highest BCUT2D eigenvalue weighted by Crippen LogP contribution is 2.33. The minimum Gasteiger partial charge on any atom is -0.392 e. The minimum absolute atomic E-state index is 0.228. The lowest BCUT2D eigenvalue weighted by atomic mass is 10.1. The minimum atomic E-state index is -4.83. The number of rotatable bonds is 3. The molecule has 0 saturated heterocycles. The third kappa shape index (κ3) is 3.04. The Morgan fingerprint density at radius 1 is 1.35 bits per heavy atom. The first kappa shape index (κ1) is 14.1. The van der Waals surface area contributed by atoms with Crippen molar-refractivity contribution >= 4 is 11.6 Å². The summed E-state index contributed by atoms with van der Waals surface area (Å²) in [6.07, 6.45) is -7.97. The van der Waals surface area contributed by atoms with Crippen LogP contribution in [0.3, 0.4) is 0 Å². The number of hydrogen-bond donors (Lipinski definition) is 1. The standard InChI is InChI=1S/C9H7ClF5NO/c10-2-6-5(3-17)4(8(11)12)1-7(16-6)9(13,14)15/h1,8,17H,2-3H2. The lowest BCUT2D eigenvalue weighted by Gasteiger charge is -2.14. The number of hydrogen-bond acceptors (Lipinski definition) is 2. The molecule has 0 amide bonds. The Kier molecular flexibility index (Phi) is 4.26. The molecule has 1 rings (SSSR count). The quantitative estimate of drug-likeness (QED) is 0.678. The van der Waals surface area contributed by atoms with Gasteiger partial charge in [0, 0.05) is 11.1 Å². The summed E-state index contributed by atoms with van der Waals surface area (Å²) in [5.74, 6) is -0.487. The Morgan fingerprint density at radius 3 is 2.29 bits per heavy atom. The maximum atomic E-state index is 12.5. The molecule has 0 aromatic carbocycles. The number of pyridine rings is 1. The highest BCUT2D eigenvalue weighted by Gasteiger charge is 2.35. The summed E-state index contributed by atoms with van der Waals surface area (Å²) < 4.78 is 62.2. The third-order valence-corrected chi connectivity index (χ3v) is 2.31. The van der Waals surface area contributed by atoms with Crippen LogP contribution in [-0.2, 0) is 18.7 Å². The van der Waals surface area contributed by atoms with Crippen molar-refractivity contribution in [3.63, 3.8) is 0 Å². The van der Waals surface area contributed by atoms with Crippen molar-refractivity contribution in [3.05, 3.63) is 28.6 Å². The van der Waals surface area contributed by atoms with E-state index in [4.69, 9.17) is 16.7 Å². The lowest BCUT2D eigenvalue weighted by Crippen LogP contribution is -2.13. The second-order valence-corrected chi connectivity index (χ2v) is 3.38. The van der Waals surface area contributed by atoms with E-state index in [1.165, 1.54) is 0 Å². The van der Waals surface area contributed by atoms with E-state index in [9.17, 15) is 22.0 Å². The second-order valence-electron chi connectivity index (χ2n) is 3.11. The Hall–Kier alpha value is -0.950. The molecule has 8 heteroatoms. The molecular weight excluding hydrogens is 269 g/mol. The molecule has 0 spiro atoms. The van der Waals surface area contributed by atoms with E-state index in [0.29, 0.717) is 0 Å². The largest absolute Gasteiger partial charge is 0.433 e. The molecule has 1 N–H and O–H groups in total. The molecule has 1 heterocycles. The Balaban J connectivity index is 3.46. The van der Waals surface area contributed by atoms with E-state index in [1.54, 1.807) is 0 Å². The van der Waals surface area contributed by atoms with Crippen LogP contribution in [0.2, 0.25) is 0 Å². The molecule has 96 valence electrons. The highest BCUT2D eigenvalue weighted by molar-refractivity contribution is 6.17. The zero-order valence-electron chi connectivity index (χ0n) is 8.23. The van der Waals surface area contributed by atoms with Gasteiger partial charge in [-0.3, -0.25) is 0 Å². The van der Waals surface area contributed by atoms with Crippen LogP contribution in [0.25, 0.3) is 0 Å². The maximum Gasteiger partial charge on any atom is 0.433 e. The first-order valence-corrected chi connectivity index (χ1v) is 4.89. The SMILES string of the molecule is OCc1c(C(F)F)cc(C(F)(F)F)nc1CCl. The zero-order chi connectivity index (χ0) is 13.2. The predicted octanol–water partition coefficient (Wildman–Crippen LogP) is 3.27. The summed E-state index contributed by atoms with van der Waals surface area (Å²) in [5.41, 5.74) is -3.09. The lowest BCUT2D eigenvalue weighted by molar-refractivity contribution is -0.141. The van der Waals surface area contributed by atoms with Gasteiger partial charge >= 0.3 is 6.18 Å². The second kappa shape index (κ2) is 5.14. The van der Waals surface area contributed by atoms with Crippen LogP contribution in [0.5, 0.6) is 0 Å². The van der Waals surface area contributed by atoms with Crippen LogP contribution in [0.4, 0.5) is 22.0 Å². The van der Waals surface area contributed by atoms with Crippen molar-refractivity contribution in [2.24, 2.45) is 0 Å². The zero-order valence-corrected chi connectivity index (χ0v) is 8.99. The fraction of sp³-hybridized carbons (Fsp3) is 0.444. The molecular formula is C9H7ClF5NO. The van der Waals surface area contributed by atoms with E-state index in [1.807, 2.05) is 0 Å². The summed E-state index contributed by atoms with van der Waals surface area (Å²) >= 11 is 5.32. The van der Waals surface area contributed by atoms with Crippen molar-refractivity contribution < 1.29 is 27.1 Å². The molecule has 17 heavy (non-hydrogen) atoms. The molecule has 2 nitrogen and oxygen atoms in total. The van der Waals surface area contributed by atoms with Gasteiger partial charge in [-0.25, -0.2) is 13.8 Å². The summed E-state index contributed by atoms with van der Waals surface area (Å²) in [4.78, 5) is 3.13.